The van der Waals surface area contributed by atoms with E-state index in [1.54, 1.807) is 12.2 Å². The Morgan fingerprint density at radius 3 is 2.14 bits per heavy atom. The topological polar surface area (TPSA) is 113 Å². The van der Waals surface area contributed by atoms with Crippen molar-refractivity contribution in [2.24, 2.45) is 17.8 Å². The van der Waals surface area contributed by atoms with Gasteiger partial charge in [-0.05, 0) is 48.5 Å². The Morgan fingerprint density at radius 1 is 1.14 bits per heavy atom. The number of hydrogen-bond acceptors (Lipinski definition) is 6. The van der Waals surface area contributed by atoms with Crippen LogP contribution >= 0.6 is 0 Å². The van der Waals surface area contributed by atoms with E-state index in [1.807, 2.05) is 33.9 Å². The number of carboxylic acid groups (broad SMARTS) is 1. The van der Waals surface area contributed by atoms with Gasteiger partial charge in [-0.2, -0.15) is 0 Å². The fourth-order valence-corrected chi connectivity index (χ4v) is 6.19. The number of carbonyl (C=O) groups is 2. The summed E-state index contributed by atoms with van der Waals surface area (Å²) in [6.07, 6.45) is 2.30. The molecule has 3 N–H and O–H groups in total. The first-order chi connectivity index (χ1) is 16.1. The molecule has 208 valence electrons. The number of esters is 1. The first-order valence-electron chi connectivity index (χ1n) is 13.0. The first kappa shape index (κ1) is 32.8. The number of hydrogen-bond donors (Lipinski definition) is 3. The number of allylic oxidation sites excluding steroid dienone is 3. The second-order valence-electron chi connectivity index (χ2n) is 13.4. The maximum absolute atomic E-state index is 13.3. The molecule has 0 saturated heterocycles. The third-order valence-corrected chi connectivity index (χ3v) is 13.7. The molecule has 0 amide bonds. The van der Waals surface area contributed by atoms with Gasteiger partial charge in [-0.15, -0.1) is 0 Å². The van der Waals surface area contributed by atoms with Crippen molar-refractivity contribution in [3.63, 3.8) is 0 Å². The molecular formula is C27H50O7Si2. The van der Waals surface area contributed by atoms with E-state index in [0.29, 0.717) is 0 Å². The third-order valence-electron chi connectivity index (χ3n) is 7.50. The van der Waals surface area contributed by atoms with Gasteiger partial charge in [-0.3, -0.25) is 4.79 Å². The summed E-state index contributed by atoms with van der Waals surface area (Å²) >= 11 is 0. The van der Waals surface area contributed by atoms with Crippen LogP contribution in [-0.2, 0) is 18.8 Å². The van der Waals surface area contributed by atoms with Gasteiger partial charge in [0.25, 0.3) is 0 Å². The van der Waals surface area contributed by atoms with E-state index in [4.69, 9.17) is 9.16 Å². The maximum Gasteiger partial charge on any atom is 0.334 e. The van der Waals surface area contributed by atoms with Gasteiger partial charge in [0.1, 0.15) is 11.7 Å². The van der Waals surface area contributed by atoms with E-state index in [0.717, 1.165) is 6.04 Å². The summed E-state index contributed by atoms with van der Waals surface area (Å²) < 4.78 is 12.1. The number of aliphatic hydroxyl groups is 2. The SMILES string of the molecule is CC(C)/C=C/C=C(\C(=O)O)[C@]1(O)[C@H](O)[C@H](O[Si](C)(C)C(C)(C)C)[C@@H](C)C[C@H]1C(=O)OCC[Si](C)(C)C. The summed E-state index contributed by atoms with van der Waals surface area (Å²) in [6.45, 7) is 22.8. The lowest BCUT2D eigenvalue weighted by Gasteiger charge is -2.51. The summed E-state index contributed by atoms with van der Waals surface area (Å²) in [6, 6.07) is 0.748. The zero-order valence-corrected chi connectivity index (χ0v) is 26.2. The molecule has 0 unspecified atom stereocenters. The van der Waals surface area contributed by atoms with Gasteiger partial charge >= 0.3 is 11.9 Å². The van der Waals surface area contributed by atoms with Crippen LogP contribution in [0.4, 0.5) is 0 Å². The molecule has 1 aliphatic rings. The molecule has 1 aliphatic carbocycles. The van der Waals surface area contributed by atoms with Crippen molar-refractivity contribution >= 4 is 28.3 Å². The van der Waals surface area contributed by atoms with Crippen molar-refractivity contribution in [1.29, 1.82) is 0 Å². The van der Waals surface area contributed by atoms with Crippen molar-refractivity contribution in [2.45, 2.75) is 110 Å². The quantitative estimate of drug-likeness (QED) is 0.150. The lowest BCUT2D eigenvalue weighted by molar-refractivity contribution is -0.195. The fourth-order valence-electron chi connectivity index (χ4n) is 4.08. The van der Waals surface area contributed by atoms with E-state index in [2.05, 4.69) is 40.4 Å². The van der Waals surface area contributed by atoms with Crippen LogP contribution in [-0.4, -0.2) is 68.1 Å². The highest BCUT2D eigenvalue weighted by molar-refractivity contribution is 6.76. The standard InChI is InChI=1S/C27H50O7Si2/c1-18(2)13-12-14-20(24(29)30)27(32)21(25(31)33-15-16-35(7,8)9)17-19(3)22(23(27)28)34-36(10,11)26(4,5)6/h12-14,18-19,21-23,28,32H,15-17H2,1-11H3,(H,29,30)/b13-12+,20-14+/t19-,21-,22+,23+,27+/m0/s1. The summed E-state index contributed by atoms with van der Waals surface area (Å²) in [5, 5.41) is 33.6. The average molecular weight is 543 g/mol. The Balaban J connectivity index is 3.57. The van der Waals surface area contributed by atoms with E-state index in [1.165, 1.54) is 6.08 Å². The second-order valence-corrected chi connectivity index (χ2v) is 23.7. The Bertz CT molecular complexity index is 836. The van der Waals surface area contributed by atoms with Crippen LogP contribution in [0.5, 0.6) is 0 Å². The van der Waals surface area contributed by atoms with E-state index >= 15 is 0 Å². The minimum absolute atomic E-state index is 0.136. The summed E-state index contributed by atoms with van der Waals surface area (Å²) in [5.41, 5.74) is -2.81. The van der Waals surface area contributed by atoms with Gasteiger partial charge in [-0.1, -0.05) is 73.3 Å². The highest BCUT2D eigenvalue weighted by Crippen LogP contribution is 2.47. The molecule has 0 aliphatic heterocycles. The van der Waals surface area contributed by atoms with Gasteiger partial charge in [0.15, 0.2) is 8.32 Å². The molecule has 5 atom stereocenters. The Labute approximate surface area is 220 Å². The van der Waals surface area contributed by atoms with Crippen molar-refractivity contribution in [2.75, 3.05) is 6.61 Å². The van der Waals surface area contributed by atoms with Crippen molar-refractivity contribution in [3.05, 3.63) is 23.8 Å². The van der Waals surface area contributed by atoms with Crippen molar-refractivity contribution < 1.29 is 34.1 Å². The van der Waals surface area contributed by atoms with Crippen molar-refractivity contribution in [3.8, 4) is 0 Å². The molecule has 0 heterocycles. The predicted molar refractivity (Wildman–Crippen MR) is 149 cm³/mol. The molecule has 0 radical (unpaired) electrons. The number of aliphatic hydroxyl groups excluding tert-OH is 1. The van der Waals surface area contributed by atoms with Crippen LogP contribution < -0.4 is 0 Å². The average Bonchev–Trinajstić information content (AvgIpc) is 2.68. The van der Waals surface area contributed by atoms with Crippen LogP contribution in [0.3, 0.4) is 0 Å². The first-order valence-corrected chi connectivity index (χ1v) is 19.6. The Morgan fingerprint density at radius 2 is 1.69 bits per heavy atom. The van der Waals surface area contributed by atoms with Crippen LogP contribution in [0.1, 0.15) is 48.0 Å². The van der Waals surface area contributed by atoms with Crippen LogP contribution in [0.2, 0.25) is 43.8 Å². The van der Waals surface area contributed by atoms with Gasteiger partial charge < -0.3 is 24.5 Å². The molecule has 7 nitrogen and oxygen atoms in total. The third kappa shape index (κ3) is 8.12. The zero-order valence-electron chi connectivity index (χ0n) is 24.2. The largest absolute Gasteiger partial charge is 0.478 e. The minimum Gasteiger partial charge on any atom is -0.478 e. The highest BCUT2D eigenvalue weighted by Gasteiger charge is 2.61. The van der Waals surface area contributed by atoms with Crippen LogP contribution in [0, 0.1) is 17.8 Å². The molecule has 1 rings (SSSR count). The number of carbonyl (C=O) groups excluding carboxylic acids is 1. The molecule has 0 bridgehead atoms. The van der Waals surface area contributed by atoms with E-state index in [-0.39, 0.29) is 29.9 Å². The Hall–Kier alpha value is -1.27. The molecule has 1 fully saturated rings. The van der Waals surface area contributed by atoms with Gasteiger partial charge in [0, 0.05) is 8.07 Å². The smallest absolute Gasteiger partial charge is 0.334 e. The molecule has 0 aromatic heterocycles. The van der Waals surface area contributed by atoms with E-state index < -0.39 is 57.6 Å². The molecule has 36 heavy (non-hydrogen) atoms. The maximum atomic E-state index is 13.3. The molecule has 0 spiro atoms. The normalized spacial score (nSPS) is 28.6. The molecule has 0 aromatic carbocycles. The second kappa shape index (κ2) is 12.1. The Kier molecular flexibility index (Phi) is 11.0. The summed E-state index contributed by atoms with van der Waals surface area (Å²) in [5.74, 6) is -3.47. The number of carboxylic acids is 1. The number of ether oxygens (including phenoxy) is 1. The van der Waals surface area contributed by atoms with Crippen LogP contribution in [0.15, 0.2) is 23.8 Å². The van der Waals surface area contributed by atoms with Gasteiger partial charge in [0.2, 0.25) is 0 Å². The fraction of sp³-hybridized carbons (Fsp3) is 0.778. The van der Waals surface area contributed by atoms with E-state index in [9.17, 15) is 24.9 Å². The van der Waals surface area contributed by atoms with Crippen molar-refractivity contribution in [1.82, 2.24) is 0 Å². The lowest BCUT2D eigenvalue weighted by Crippen LogP contribution is -2.66. The number of aliphatic carboxylic acids is 1. The minimum atomic E-state index is -2.40. The summed E-state index contributed by atoms with van der Waals surface area (Å²) in [4.78, 5) is 25.7. The lowest BCUT2D eigenvalue weighted by atomic mass is 9.64. The molecule has 1 saturated carbocycles. The number of rotatable bonds is 10. The highest BCUT2D eigenvalue weighted by atomic mass is 28.4. The van der Waals surface area contributed by atoms with Gasteiger partial charge in [0.05, 0.1) is 24.2 Å². The summed E-state index contributed by atoms with van der Waals surface area (Å²) in [7, 11) is -3.87. The predicted octanol–water partition coefficient (Wildman–Crippen LogP) is 5.23. The monoisotopic (exact) mass is 542 g/mol. The van der Waals surface area contributed by atoms with Gasteiger partial charge in [-0.25, -0.2) is 4.79 Å². The zero-order chi connectivity index (χ0) is 28.3. The molecular weight excluding hydrogens is 492 g/mol. The molecule has 9 heteroatoms. The molecule has 0 aromatic rings. The van der Waals surface area contributed by atoms with Crippen LogP contribution in [0.25, 0.3) is 0 Å².